The summed E-state index contributed by atoms with van der Waals surface area (Å²) in [4.78, 5) is 8.64. The maximum absolute atomic E-state index is 5.90. The molecular weight excluding hydrogens is 465 g/mol. The number of hydrogen-bond donors (Lipinski definition) is 2. The number of aliphatic imine (C=N–C) groups is 1. The summed E-state index contributed by atoms with van der Waals surface area (Å²) in [6.07, 6.45) is 5.84. The van der Waals surface area contributed by atoms with E-state index in [1.165, 1.54) is 0 Å². The number of pyridine rings is 1. The van der Waals surface area contributed by atoms with Crippen molar-refractivity contribution in [3.63, 3.8) is 0 Å². The van der Waals surface area contributed by atoms with Gasteiger partial charge in [-0.15, -0.1) is 24.0 Å². The van der Waals surface area contributed by atoms with Crippen LogP contribution < -0.4 is 15.4 Å². The van der Waals surface area contributed by atoms with Crippen molar-refractivity contribution in [2.45, 2.75) is 19.7 Å². The standard InChI is InChI=1S/C21H25N5O.HI/c1-22-21(24-12-15-26-13-5-6-14-26)25-16-19-10-7-11-23-20(19)27-17-18-8-3-2-4-9-18;/h2-11,13-14H,12,15-17H2,1H3,(H2,22,24,25);1H. The lowest BCUT2D eigenvalue weighted by molar-refractivity contribution is 0.290. The second-order valence-electron chi connectivity index (χ2n) is 6.02. The quantitative estimate of drug-likeness (QED) is 0.288. The summed E-state index contributed by atoms with van der Waals surface area (Å²) >= 11 is 0. The van der Waals surface area contributed by atoms with Crippen LogP contribution in [-0.2, 0) is 19.7 Å². The normalized spacial score (nSPS) is 10.8. The number of hydrogen-bond acceptors (Lipinski definition) is 3. The van der Waals surface area contributed by atoms with E-state index in [0.717, 1.165) is 30.2 Å². The number of nitrogens with zero attached hydrogens (tertiary/aromatic N) is 3. The summed E-state index contributed by atoms with van der Waals surface area (Å²) < 4.78 is 8.03. The summed E-state index contributed by atoms with van der Waals surface area (Å²) in [6, 6.07) is 18.0. The largest absolute Gasteiger partial charge is 0.473 e. The fraction of sp³-hybridized carbons (Fsp3) is 0.238. The minimum atomic E-state index is 0. The fourth-order valence-electron chi connectivity index (χ4n) is 2.64. The van der Waals surface area contributed by atoms with Gasteiger partial charge in [0.05, 0.1) is 0 Å². The van der Waals surface area contributed by atoms with Gasteiger partial charge in [0.15, 0.2) is 5.96 Å². The Labute approximate surface area is 183 Å². The summed E-state index contributed by atoms with van der Waals surface area (Å²) in [5.41, 5.74) is 2.10. The van der Waals surface area contributed by atoms with Crippen molar-refractivity contribution in [2.75, 3.05) is 13.6 Å². The average molecular weight is 491 g/mol. The van der Waals surface area contributed by atoms with Crippen LogP contribution >= 0.6 is 24.0 Å². The number of halogens is 1. The average Bonchev–Trinajstić information content (AvgIpc) is 3.24. The van der Waals surface area contributed by atoms with Crippen LogP contribution in [-0.4, -0.2) is 29.1 Å². The van der Waals surface area contributed by atoms with Crippen LogP contribution in [0.25, 0.3) is 0 Å². The van der Waals surface area contributed by atoms with Gasteiger partial charge in [-0.25, -0.2) is 4.98 Å². The molecule has 1 aromatic carbocycles. The van der Waals surface area contributed by atoms with Crippen LogP contribution in [0.15, 0.2) is 78.2 Å². The molecule has 2 heterocycles. The summed E-state index contributed by atoms with van der Waals surface area (Å²) in [7, 11) is 1.76. The molecule has 2 N–H and O–H groups in total. The first-order valence-corrected chi connectivity index (χ1v) is 9.01. The zero-order valence-electron chi connectivity index (χ0n) is 15.9. The molecule has 0 unspecified atom stereocenters. The van der Waals surface area contributed by atoms with Crippen molar-refractivity contribution in [3.8, 4) is 5.88 Å². The topological polar surface area (TPSA) is 63.5 Å². The first kappa shape index (κ1) is 21.7. The molecule has 148 valence electrons. The maximum atomic E-state index is 5.90. The molecule has 0 radical (unpaired) electrons. The molecule has 0 saturated heterocycles. The monoisotopic (exact) mass is 491 g/mol. The minimum absolute atomic E-state index is 0. The molecule has 0 atom stereocenters. The molecule has 6 nitrogen and oxygen atoms in total. The van der Waals surface area contributed by atoms with Gasteiger partial charge < -0.3 is 19.9 Å². The predicted molar refractivity (Wildman–Crippen MR) is 123 cm³/mol. The highest BCUT2D eigenvalue weighted by Gasteiger charge is 2.06. The van der Waals surface area contributed by atoms with Crippen molar-refractivity contribution in [1.29, 1.82) is 0 Å². The van der Waals surface area contributed by atoms with E-state index < -0.39 is 0 Å². The van der Waals surface area contributed by atoms with E-state index in [9.17, 15) is 0 Å². The van der Waals surface area contributed by atoms with Crippen molar-refractivity contribution >= 4 is 29.9 Å². The van der Waals surface area contributed by atoms with Crippen molar-refractivity contribution < 1.29 is 4.74 Å². The molecule has 2 aromatic heterocycles. The van der Waals surface area contributed by atoms with E-state index in [1.54, 1.807) is 13.2 Å². The van der Waals surface area contributed by atoms with Crippen molar-refractivity contribution in [1.82, 2.24) is 20.2 Å². The number of guanidine groups is 1. The minimum Gasteiger partial charge on any atom is -0.473 e. The van der Waals surface area contributed by atoms with E-state index in [1.807, 2.05) is 67.0 Å². The van der Waals surface area contributed by atoms with Crippen LogP contribution in [0.2, 0.25) is 0 Å². The van der Waals surface area contributed by atoms with Gasteiger partial charge in [0, 0.05) is 50.8 Å². The lowest BCUT2D eigenvalue weighted by atomic mass is 10.2. The Kier molecular flexibility index (Phi) is 9.33. The van der Waals surface area contributed by atoms with E-state index in [2.05, 4.69) is 25.2 Å². The third-order valence-corrected chi connectivity index (χ3v) is 4.07. The highest BCUT2D eigenvalue weighted by Crippen LogP contribution is 2.15. The second-order valence-corrected chi connectivity index (χ2v) is 6.02. The molecular formula is C21H26IN5O. The SMILES string of the molecule is CN=C(NCCn1cccc1)NCc1cccnc1OCc1ccccc1.I. The zero-order chi connectivity index (χ0) is 18.7. The van der Waals surface area contributed by atoms with Gasteiger partial charge in [-0.1, -0.05) is 36.4 Å². The van der Waals surface area contributed by atoms with E-state index in [4.69, 9.17) is 4.74 Å². The molecule has 0 amide bonds. The van der Waals surface area contributed by atoms with Gasteiger partial charge in [0.2, 0.25) is 5.88 Å². The van der Waals surface area contributed by atoms with Crippen molar-refractivity contribution in [2.24, 2.45) is 4.99 Å². The zero-order valence-corrected chi connectivity index (χ0v) is 18.2. The number of benzene rings is 1. The second kappa shape index (κ2) is 12.0. The number of aromatic nitrogens is 2. The highest BCUT2D eigenvalue weighted by molar-refractivity contribution is 14.0. The number of ether oxygens (including phenoxy) is 1. The van der Waals surface area contributed by atoms with Crippen LogP contribution in [0.1, 0.15) is 11.1 Å². The molecule has 0 saturated carbocycles. The third kappa shape index (κ3) is 6.88. The molecule has 0 aliphatic heterocycles. The lowest BCUT2D eigenvalue weighted by Crippen LogP contribution is -2.38. The summed E-state index contributed by atoms with van der Waals surface area (Å²) in [5.74, 6) is 1.39. The molecule has 3 rings (SSSR count). The van der Waals surface area contributed by atoms with Crippen LogP contribution in [0, 0.1) is 0 Å². The molecule has 0 aliphatic carbocycles. The molecule has 3 aromatic rings. The Morgan fingerprint density at radius 1 is 1.04 bits per heavy atom. The molecule has 28 heavy (non-hydrogen) atoms. The van der Waals surface area contributed by atoms with Gasteiger partial charge in [-0.05, 0) is 23.8 Å². The Bertz CT molecular complexity index is 837. The van der Waals surface area contributed by atoms with Gasteiger partial charge in [0.1, 0.15) is 6.61 Å². The fourth-order valence-corrected chi connectivity index (χ4v) is 2.64. The van der Waals surface area contributed by atoms with Gasteiger partial charge in [-0.3, -0.25) is 4.99 Å². The first-order chi connectivity index (χ1) is 13.3. The number of nitrogens with one attached hydrogen (secondary N) is 2. The van der Waals surface area contributed by atoms with Crippen LogP contribution in [0.4, 0.5) is 0 Å². The van der Waals surface area contributed by atoms with E-state index in [0.29, 0.717) is 19.0 Å². The molecule has 0 fully saturated rings. The smallest absolute Gasteiger partial charge is 0.218 e. The summed E-state index contributed by atoms with van der Waals surface area (Å²) in [5, 5.41) is 6.63. The van der Waals surface area contributed by atoms with Gasteiger partial charge >= 0.3 is 0 Å². The van der Waals surface area contributed by atoms with Gasteiger partial charge in [0.25, 0.3) is 0 Å². The molecule has 7 heteroatoms. The molecule has 0 bridgehead atoms. The first-order valence-electron chi connectivity index (χ1n) is 9.01. The predicted octanol–water partition coefficient (Wildman–Crippen LogP) is 3.45. The third-order valence-electron chi connectivity index (χ3n) is 4.07. The number of rotatable bonds is 8. The Morgan fingerprint density at radius 3 is 2.57 bits per heavy atom. The van der Waals surface area contributed by atoms with E-state index >= 15 is 0 Å². The molecule has 0 spiro atoms. The van der Waals surface area contributed by atoms with Crippen LogP contribution in [0.5, 0.6) is 5.88 Å². The Balaban J connectivity index is 0.00000280. The Morgan fingerprint density at radius 2 is 1.82 bits per heavy atom. The summed E-state index contributed by atoms with van der Waals surface area (Å²) in [6.45, 7) is 2.75. The van der Waals surface area contributed by atoms with Gasteiger partial charge in [-0.2, -0.15) is 0 Å². The van der Waals surface area contributed by atoms with Crippen LogP contribution in [0.3, 0.4) is 0 Å². The van der Waals surface area contributed by atoms with Crippen molar-refractivity contribution in [3.05, 3.63) is 84.3 Å². The lowest BCUT2D eigenvalue weighted by Gasteiger charge is -2.14. The maximum Gasteiger partial charge on any atom is 0.218 e. The molecule has 0 aliphatic rings. The highest BCUT2D eigenvalue weighted by atomic mass is 127. The Hall–Kier alpha value is -2.55. The van der Waals surface area contributed by atoms with E-state index in [-0.39, 0.29) is 24.0 Å².